The number of alkyl halides is 6. The lowest BCUT2D eigenvalue weighted by Gasteiger charge is -2.41. The first-order valence-electron chi connectivity index (χ1n) is 8.47. The average Bonchev–Trinajstić information content (AvgIpc) is 2.92. The van der Waals surface area contributed by atoms with E-state index in [-0.39, 0.29) is 28.9 Å². The number of benzene rings is 1. The van der Waals surface area contributed by atoms with Crippen molar-refractivity contribution in [2.45, 2.75) is 51.3 Å². The van der Waals surface area contributed by atoms with Crippen molar-refractivity contribution >= 4 is 23.4 Å². The third kappa shape index (κ3) is 3.45. The van der Waals surface area contributed by atoms with E-state index in [1.807, 2.05) is 0 Å². The molecule has 0 fully saturated rings. The monoisotopic (exact) mass is 408 g/mol. The molecule has 0 saturated heterocycles. The first kappa shape index (κ1) is 20.5. The minimum absolute atomic E-state index is 0.00803. The van der Waals surface area contributed by atoms with Gasteiger partial charge in [0.15, 0.2) is 0 Å². The van der Waals surface area contributed by atoms with Crippen molar-refractivity contribution in [2.75, 3.05) is 17.3 Å². The number of hydrogen-bond acceptors (Lipinski definition) is 3. The Labute approximate surface area is 157 Å². The number of carbonyl (C=O) groups excluding carboxylic acids is 1. The molecule has 0 aromatic heterocycles. The van der Waals surface area contributed by atoms with Crippen LogP contribution in [0.4, 0.5) is 37.7 Å². The number of nitrogens with one attached hydrogen (secondary N) is 1. The van der Waals surface area contributed by atoms with Gasteiger partial charge in [-0.2, -0.15) is 26.3 Å². The summed E-state index contributed by atoms with van der Waals surface area (Å²) in [6.45, 7) is 2.67. The van der Waals surface area contributed by atoms with Crippen LogP contribution in [0.2, 0.25) is 0 Å². The van der Waals surface area contributed by atoms with Gasteiger partial charge in [-0.15, -0.1) is 0 Å². The van der Waals surface area contributed by atoms with E-state index in [1.54, 1.807) is 0 Å². The molecule has 1 amide bonds. The van der Waals surface area contributed by atoms with Crippen LogP contribution >= 0.6 is 0 Å². The molecular weight excluding hydrogens is 390 g/mol. The highest BCUT2D eigenvalue weighted by Gasteiger charge is 2.45. The van der Waals surface area contributed by atoms with Crippen molar-refractivity contribution in [3.05, 3.63) is 28.3 Å². The van der Waals surface area contributed by atoms with E-state index in [9.17, 15) is 31.1 Å². The lowest BCUT2D eigenvalue weighted by atomic mass is 9.88. The molecule has 28 heavy (non-hydrogen) atoms. The summed E-state index contributed by atoms with van der Waals surface area (Å²) in [6.07, 6.45) is -9.08. The molecule has 2 heterocycles. The van der Waals surface area contributed by atoms with Gasteiger partial charge in [-0.3, -0.25) is 4.79 Å². The van der Waals surface area contributed by atoms with Crippen molar-refractivity contribution in [3.63, 3.8) is 0 Å². The fourth-order valence-electron chi connectivity index (χ4n) is 3.90. The number of fused-ring (bicyclic) bond motifs is 3. The zero-order valence-electron chi connectivity index (χ0n) is 15.3. The normalized spacial score (nSPS) is 20.1. The van der Waals surface area contributed by atoms with E-state index in [4.69, 9.17) is 4.74 Å². The summed E-state index contributed by atoms with van der Waals surface area (Å²) in [6, 6.07) is -1.23. The van der Waals surface area contributed by atoms with Crippen LogP contribution in [-0.4, -0.2) is 31.5 Å². The first-order valence-corrected chi connectivity index (χ1v) is 8.47. The highest BCUT2D eigenvalue weighted by Crippen LogP contribution is 2.50. The summed E-state index contributed by atoms with van der Waals surface area (Å²) >= 11 is 0. The molecule has 10 heteroatoms. The van der Waals surface area contributed by atoms with Crippen molar-refractivity contribution < 1.29 is 35.9 Å². The molecule has 4 nitrogen and oxygen atoms in total. The first-order chi connectivity index (χ1) is 12.8. The van der Waals surface area contributed by atoms with Crippen LogP contribution in [-0.2, 0) is 22.1 Å². The molecule has 1 aromatic rings. The molecule has 0 aliphatic carbocycles. The Kier molecular flexibility index (Phi) is 4.89. The summed E-state index contributed by atoms with van der Waals surface area (Å²) in [5, 5.41) is 2.25. The summed E-state index contributed by atoms with van der Waals surface area (Å²) in [5.41, 5.74) is -1.16. The summed E-state index contributed by atoms with van der Waals surface area (Å²) < 4.78 is 85.7. The molecule has 0 radical (unpaired) electrons. The number of hydrogen-bond donors (Lipinski definition) is 1. The summed E-state index contributed by atoms with van der Waals surface area (Å²) in [5.74, 6) is -0.592. The van der Waals surface area contributed by atoms with E-state index in [0.717, 1.165) is 0 Å². The zero-order chi connectivity index (χ0) is 21.0. The number of carbonyl (C=O) groups is 1. The maximum absolute atomic E-state index is 13.8. The second kappa shape index (κ2) is 6.68. The number of methoxy groups -OCH3 is 1. The van der Waals surface area contributed by atoms with E-state index in [0.29, 0.717) is 5.56 Å². The minimum Gasteiger partial charge on any atom is -0.362 e. The molecule has 0 bridgehead atoms. The van der Waals surface area contributed by atoms with Crippen molar-refractivity contribution in [2.24, 2.45) is 0 Å². The summed E-state index contributed by atoms with van der Waals surface area (Å²) in [4.78, 5) is 13.0. The second-order valence-corrected chi connectivity index (χ2v) is 6.83. The lowest BCUT2D eigenvalue weighted by molar-refractivity contribution is -0.138. The maximum Gasteiger partial charge on any atom is 0.418 e. The molecule has 0 saturated carbocycles. The van der Waals surface area contributed by atoms with E-state index < -0.39 is 42.5 Å². The number of amides is 1. The Bertz CT molecular complexity index is 844. The highest BCUT2D eigenvalue weighted by molar-refractivity contribution is 6.04. The molecule has 2 aliphatic rings. The van der Waals surface area contributed by atoms with Gasteiger partial charge in [0.05, 0.1) is 35.8 Å². The molecule has 2 aliphatic heterocycles. The van der Waals surface area contributed by atoms with Crippen molar-refractivity contribution in [3.8, 4) is 0 Å². The predicted molar refractivity (Wildman–Crippen MR) is 91.0 cm³/mol. The predicted octanol–water partition coefficient (Wildman–Crippen LogP) is 4.66. The Morgan fingerprint density at radius 1 is 1.29 bits per heavy atom. The van der Waals surface area contributed by atoms with Gasteiger partial charge in [0.1, 0.15) is 6.23 Å². The van der Waals surface area contributed by atoms with Gasteiger partial charge >= 0.3 is 12.4 Å². The minimum atomic E-state index is -4.79. The van der Waals surface area contributed by atoms with Crippen LogP contribution in [0, 0.1) is 6.92 Å². The Balaban J connectivity index is 2.29. The Morgan fingerprint density at radius 2 is 1.93 bits per heavy atom. The molecule has 3 rings (SSSR count). The van der Waals surface area contributed by atoms with Crippen molar-refractivity contribution in [1.82, 2.24) is 0 Å². The van der Waals surface area contributed by atoms with Crippen LogP contribution in [0.5, 0.6) is 0 Å². The number of halogens is 6. The van der Waals surface area contributed by atoms with Gasteiger partial charge in [-0.05, 0) is 25.0 Å². The fourth-order valence-corrected chi connectivity index (χ4v) is 3.90. The second-order valence-electron chi connectivity index (χ2n) is 6.83. The quantitative estimate of drug-likeness (QED) is 0.740. The topological polar surface area (TPSA) is 41.6 Å². The molecule has 154 valence electrons. The van der Waals surface area contributed by atoms with E-state index in [1.165, 1.54) is 38.0 Å². The third-order valence-electron chi connectivity index (χ3n) is 5.02. The largest absolute Gasteiger partial charge is 0.418 e. The van der Waals surface area contributed by atoms with Gasteiger partial charge < -0.3 is 15.0 Å². The van der Waals surface area contributed by atoms with Crippen molar-refractivity contribution in [1.29, 1.82) is 0 Å². The van der Waals surface area contributed by atoms with Crippen LogP contribution in [0.3, 0.4) is 0 Å². The lowest BCUT2D eigenvalue weighted by Crippen LogP contribution is -2.46. The summed E-state index contributed by atoms with van der Waals surface area (Å²) in [7, 11) is 1.27. The van der Waals surface area contributed by atoms with Crippen LogP contribution in [0.25, 0.3) is 6.08 Å². The third-order valence-corrected chi connectivity index (χ3v) is 5.02. The van der Waals surface area contributed by atoms with Gasteiger partial charge in [0.25, 0.3) is 0 Å². The molecule has 2 atom stereocenters. The van der Waals surface area contributed by atoms with Crippen LogP contribution in [0.1, 0.15) is 35.6 Å². The Morgan fingerprint density at radius 3 is 2.46 bits per heavy atom. The van der Waals surface area contributed by atoms with Gasteiger partial charge in [0, 0.05) is 12.7 Å². The number of rotatable bonds is 3. The molecular formula is C18H18F6N2O2. The fraction of sp³-hybridized carbons (Fsp3) is 0.500. The van der Waals surface area contributed by atoms with E-state index in [2.05, 4.69) is 5.32 Å². The van der Waals surface area contributed by atoms with Gasteiger partial charge in [0.2, 0.25) is 5.91 Å². The number of ether oxygens (including phenoxy) is 1. The highest BCUT2D eigenvalue weighted by atomic mass is 19.4. The molecule has 1 aromatic carbocycles. The molecule has 2 unspecified atom stereocenters. The van der Waals surface area contributed by atoms with Crippen LogP contribution < -0.4 is 10.2 Å². The molecule has 1 N–H and O–H groups in total. The number of nitrogens with zero attached hydrogens (tertiary/aromatic N) is 1. The van der Waals surface area contributed by atoms with E-state index >= 15 is 0 Å². The zero-order valence-corrected chi connectivity index (χ0v) is 15.3. The maximum atomic E-state index is 13.8. The van der Waals surface area contributed by atoms with Crippen LogP contribution in [0.15, 0.2) is 6.08 Å². The SMILES string of the molecule is COC(C)N1c2c(C)c(C(F)(F)F)c3c(c2C=CC1CC(F)(F)F)CC(=O)N3. The molecule has 0 spiro atoms. The standard InChI is InChI=1S/C18H18F6N2O2/c1-8-14(18(22,23)24)15-12(6-13(27)25-15)11-5-4-10(7-17(19,20)21)26(16(8)11)9(2)28-3/h4-5,9-10H,6-7H2,1-3H3,(H,25,27). The smallest absolute Gasteiger partial charge is 0.362 e. The van der Waals surface area contributed by atoms with Gasteiger partial charge in [-0.1, -0.05) is 12.2 Å². The number of anilines is 2. The average molecular weight is 408 g/mol. The van der Waals surface area contributed by atoms with Gasteiger partial charge in [-0.25, -0.2) is 0 Å². The Hall–Kier alpha value is -2.23.